The quantitative estimate of drug-likeness (QED) is 0.702. The smallest absolute Gasteiger partial charge is 0.271 e. The number of aromatic nitrogens is 3. The highest BCUT2D eigenvalue weighted by Crippen LogP contribution is 2.22. The molecule has 4 rings (SSSR count). The molecule has 8 heteroatoms. The summed E-state index contributed by atoms with van der Waals surface area (Å²) in [4.78, 5) is 30.8. The Morgan fingerprint density at radius 2 is 1.87 bits per heavy atom. The second-order valence-corrected chi connectivity index (χ2v) is 7.26. The van der Waals surface area contributed by atoms with Gasteiger partial charge in [-0.05, 0) is 54.8 Å². The zero-order valence-electron chi connectivity index (χ0n) is 16.4. The number of hydrogen-bond donors (Lipinski definition) is 1. The molecule has 0 atom stereocenters. The molecule has 1 aliphatic heterocycles. The van der Waals surface area contributed by atoms with Gasteiger partial charge in [-0.25, -0.2) is 4.39 Å². The molecule has 1 aromatic carbocycles. The molecule has 1 aliphatic rings. The number of rotatable bonds is 5. The number of anilines is 1. The number of carbonyl (C=O) groups excluding carboxylic acids is 1. The molecule has 7 nitrogen and oxygen atoms in total. The molecule has 0 aliphatic carbocycles. The van der Waals surface area contributed by atoms with Crippen molar-refractivity contribution in [3.63, 3.8) is 0 Å². The van der Waals surface area contributed by atoms with Crippen LogP contribution in [0.25, 0.3) is 5.69 Å². The van der Waals surface area contributed by atoms with Crippen molar-refractivity contribution in [2.24, 2.45) is 5.92 Å². The molecule has 30 heavy (non-hydrogen) atoms. The van der Waals surface area contributed by atoms with E-state index in [-0.39, 0.29) is 23.2 Å². The third-order valence-electron chi connectivity index (χ3n) is 5.24. The van der Waals surface area contributed by atoms with Crippen molar-refractivity contribution >= 4 is 11.7 Å². The maximum atomic E-state index is 13.2. The Labute approximate surface area is 173 Å². The van der Waals surface area contributed by atoms with E-state index in [0.29, 0.717) is 44.0 Å². The summed E-state index contributed by atoms with van der Waals surface area (Å²) >= 11 is 0. The van der Waals surface area contributed by atoms with Crippen molar-refractivity contribution in [1.82, 2.24) is 20.1 Å². The van der Waals surface area contributed by atoms with Crippen LogP contribution in [0.1, 0.15) is 18.4 Å². The van der Waals surface area contributed by atoms with Crippen LogP contribution in [-0.2, 0) is 11.3 Å². The fourth-order valence-corrected chi connectivity index (χ4v) is 3.54. The summed E-state index contributed by atoms with van der Waals surface area (Å²) in [6.07, 6.45) is 4.85. The van der Waals surface area contributed by atoms with E-state index in [4.69, 9.17) is 0 Å². The van der Waals surface area contributed by atoms with E-state index in [0.717, 1.165) is 5.56 Å². The summed E-state index contributed by atoms with van der Waals surface area (Å²) in [7, 11) is 0. The third kappa shape index (κ3) is 4.53. The lowest BCUT2D eigenvalue weighted by atomic mass is 9.96. The molecular weight excluding hydrogens is 385 g/mol. The van der Waals surface area contributed by atoms with Crippen molar-refractivity contribution in [2.45, 2.75) is 19.4 Å². The fraction of sp³-hybridized carbons (Fsp3) is 0.273. The second kappa shape index (κ2) is 8.86. The van der Waals surface area contributed by atoms with Gasteiger partial charge in [0.1, 0.15) is 11.6 Å². The molecule has 0 spiro atoms. The first-order valence-electron chi connectivity index (χ1n) is 9.88. The maximum Gasteiger partial charge on any atom is 0.271 e. The first kappa shape index (κ1) is 19.8. The van der Waals surface area contributed by atoms with Gasteiger partial charge >= 0.3 is 0 Å². The van der Waals surface area contributed by atoms with Crippen molar-refractivity contribution in [3.8, 4) is 5.69 Å². The standard InChI is InChI=1S/C22H22FN5O2/c23-18-3-5-19(6-4-18)28-21(29)8-7-20(26-28)27-12-9-17(10-13-27)22(30)25-15-16-2-1-11-24-14-16/h1-8,11,14,17H,9-10,12-13,15H2,(H,25,30). The fourth-order valence-electron chi connectivity index (χ4n) is 3.54. The van der Waals surface area contributed by atoms with Crippen LogP contribution in [-0.4, -0.2) is 33.8 Å². The number of amides is 1. The molecule has 1 fully saturated rings. The number of pyridine rings is 1. The van der Waals surface area contributed by atoms with Crippen LogP contribution in [0.3, 0.4) is 0 Å². The Hall–Kier alpha value is -3.55. The Morgan fingerprint density at radius 3 is 2.57 bits per heavy atom. The predicted octanol–water partition coefficient (Wildman–Crippen LogP) is 2.30. The zero-order chi connectivity index (χ0) is 20.9. The average molecular weight is 407 g/mol. The van der Waals surface area contributed by atoms with Gasteiger partial charge < -0.3 is 10.2 Å². The van der Waals surface area contributed by atoms with Gasteiger partial charge in [0.2, 0.25) is 5.91 Å². The van der Waals surface area contributed by atoms with Crippen LogP contribution in [0.15, 0.2) is 65.7 Å². The highest BCUT2D eigenvalue weighted by atomic mass is 19.1. The van der Waals surface area contributed by atoms with Crippen molar-refractivity contribution < 1.29 is 9.18 Å². The van der Waals surface area contributed by atoms with Gasteiger partial charge in [-0.3, -0.25) is 14.6 Å². The van der Waals surface area contributed by atoms with E-state index in [2.05, 4.69) is 20.3 Å². The van der Waals surface area contributed by atoms with Gasteiger partial charge in [-0.15, -0.1) is 5.10 Å². The Bertz CT molecular complexity index is 1060. The monoisotopic (exact) mass is 407 g/mol. The van der Waals surface area contributed by atoms with Crippen LogP contribution in [0.5, 0.6) is 0 Å². The molecule has 154 valence electrons. The van der Waals surface area contributed by atoms with Crippen LogP contribution in [0, 0.1) is 11.7 Å². The number of carbonyl (C=O) groups is 1. The second-order valence-electron chi connectivity index (χ2n) is 7.26. The topological polar surface area (TPSA) is 80.1 Å². The summed E-state index contributed by atoms with van der Waals surface area (Å²) in [6, 6.07) is 12.6. The van der Waals surface area contributed by atoms with Crippen LogP contribution < -0.4 is 15.8 Å². The summed E-state index contributed by atoms with van der Waals surface area (Å²) in [5.41, 5.74) is 1.19. The lowest BCUT2D eigenvalue weighted by molar-refractivity contribution is -0.125. The molecular formula is C22H22FN5O2. The van der Waals surface area contributed by atoms with Crippen LogP contribution in [0.4, 0.5) is 10.2 Å². The van der Waals surface area contributed by atoms with Gasteiger partial charge in [0.05, 0.1) is 5.69 Å². The molecule has 1 amide bonds. The van der Waals surface area contributed by atoms with E-state index >= 15 is 0 Å². The van der Waals surface area contributed by atoms with E-state index in [9.17, 15) is 14.0 Å². The largest absolute Gasteiger partial charge is 0.355 e. The minimum atomic E-state index is -0.369. The highest BCUT2D eigenvalue weighted by Gasteiger charge is 2.25. The summed E-state index contributed by atoms with van der Waals surface area (Å²) < 4.78 is 14.4. The van der Waals surface area contributed by atoms with Crippen molar-refractivity contribution in [2.75, 3.05) is 18.0 Å². The molecule has 0 saturated carbocycles. The SMILES string of the molecule is O=C(NCc1cccnc1)C1CCN(c2ccc(=O)n(-c3ccc(F)cc3)n2)CC1. The normalized spacial score (nSPS) is 14.5. The van der Waals surface area contributed by atoms with E-state index in [1.165, 1.54) is 35.0 Å². The van der Waals surface area contributed by atoms with Gasteiger partial charge in [0.25, 0.3) is 5.56 Å². The molecule has 2 aromatic heterocycles. The van der Waals surface area contributed by atoms with Gasteiger partial charge in [0, 0.05) is 44.0 Å². The van der Waals surface area contributed by atoms with E-state index in [1.807, 2.05) is 12.1 Å². The molecule has 0 bridgehead atoms. The van der Waals surface area contributed by atoms with Gasteiger partial charge in [-0.1, -0.05) is 6.07 Å². The molecule has 0 radical (unpaired) electrons. The Kier molecular flexibility index (Phi) is 5.83. The van der Waals surface area contributed by atoms with Crippen LogP contribution >= 0.6 is 0 Å². The number of nitrogens with one attached hydrogen (secondary N) is 1. The Morgan fingerprint density at radius 1 is 1.10 bits per heavy atom. The molecule has 1 N–H and O–H groups in total. The number of nitrogens with zero attached hydrogens (tertiary/aromatic N) is 4. The maximum absolute atomic E-state index is 13.2. The van der Waals surface area contributed by atoms with Crippen molar-refractivity contribution in [3.05, 3.63) is 82.7 Å². The predicted molar refractivity (Wildman–Crippen MR) is 111 cm³/mol. The molecule has 3 aromatic rings. The lowest BCUT2D eigenvalue weighted by Crippen LogP contribution is -2.41. The summed E-state index contributed by atoms with van der Waals surface area (Å²) in [6.45, 7) is 1.80. The first-order chi connectivity index (χ1) is 14.6. The summed E-state index contributed by atoms with van der Waals surface area (Å²) in [5.74, 6) is 0.281. The number of hydrogen-bond acceptors (Lipinski definition) is 5. The molecule has 0 unspecified atom stereocenters. The third-order valence-corrected chi connectivity index (χ3v) is 5.24. The van der Waals surface area contributed by atoms with Crippen LogP contribution in [0.2, 0.25) is 0 Å². The number of piperidine rings is 1. The lowest BCUT2D eigenvalue weighted by Gasteiger charge is -2.32. The van der Waals surface area contributed by atoms with E-state index < -0.39 is 0 Å². The average Bonchev–Trinajstić information content (AvgIpc) is 2.79. The first-order valence-corrected chi connectivity index (χ1v) is 9.88. The van der Waals surface area contributed by atoms with Gasteiger partial charge in [0.15, 0.2) is 0 Å². The molecule has 1 saturated heterocycles. The highest BCUT2D eigenvalue weighted by molar-refractivity contribution is 5.78. The van der Waals surface area contributed by atoms with E-state index in [1.54, 1.807) is 18.5 Å². The van der Waals surface area contributed by atoms with Gasteiger partial charge in [-0.2, -0.15) is 4.68 Å². The minimum Gasteiger partial charge on any atom is -0.355 e. The number of benzene rings is 1. The Balaban J connectivity index is 1.38. The minimum absolute atomic E-state index is 0.0442. The summed E-state index contributed by atoms with van der Waals surface area (Å²) in [5, 5.41) is 7.42. The molecule has 3 heterocycles. The van der Waals surface area contributed by atoms with Crippen molar-refractivity contribution in [1.29, 1.82) is 0 Å². The zero-order valence-corrected chi connectivity index (χ0v) is 16.4. The number of halogens is 1.